The molecule has 5 heteroatoms. The van der Waals surface area contributed by atoms with Crippen molar-refractivity contribution in [2.24, 2.45) is 5.10 Å². The summed E-state index contributed by atoms with van der Waals surface area (Å²) in [5, 5.41) is 3.73. The van der Waals surface area contributed by atoms with E-state index >= 15 is 0 Å². The Bertz CT molecular complexity index is 348. The molecule has 14 heavy (non-hydrogen) atoms. The Kier molecular flexibility index (Phi) is 3.60. The van der Waals surface area contributed by atoms with Crippen LogP contribution in [-0.4, -0.2) is 17.1 Å². The predicted octanol–water partition coefficient (Wildman–Crippen LogP) is 0.524. The van der Waals surface area contributed by atoms with Gasteiger partial charge < -0.3 is 5.73 Å². The zero-order chi connectivity index (χ0) is 10.4. The van der Waals surface area contributed by atoms with Crippen LogP contribution in [0.4, 0.5) is 5.82 Å². The highest BCUT2D eigenvalue weighted by Gasteiger charge is 1.95. The quantitative estimate of drug-likeness (QED) is 0.541. The molecule has 1 heterocycles. The first kappa shape index (κ1) is 10.2. The molecule has 74 valence electrons. The molecule has 3 N–H and O–H groups in total. The van der Waals surface area contributed by atoms with E-state index in [-0.39, 0.29) is 5.91 Å². The maximum Gasteiger partial charge on any atom is 0.239 e. The normalized spacial score (nSPS) is 10.4. The number of anilines is 1. The van der Waals surface area contributed by atoms with E-state index in [1.807, 2.05) is 0 Å². The second kappa shape index (κ2) is 4.96. The standard InChI is InChI=1S/C9H12N4O/c1-2-8(14)13-12-6-7-4-3-5-11-9(7)10/h3-6H,2H2,1H3,(H2,10,11)(H,13,14)/b12-6+. The van der Waals surface area contributed by atoms with Crippen molar-refractivity contribution < 1.29 is 4.79 Å². The summed E-state index contributed by atoms with van der Waals surface area (Å²) < 4.78 is 0. The fourth-order valence-corrected chi connectivity index (χ4v) is 0.792. The van der Waals surface area contributed by atoms with Crippen molar-refractivity contribution in [2.75, 3.05) is 5.73 Å². The van der Waals surface area contributed by atoms with E-state index in [0.717, 1.165) is 0 Å². The van der Waals surface area contributed by atoms with Gasteiger partial charge in [0.25, 0.3) is 0 Å². The number of nitrogen functional groups attached to an aromatic ring is 1. The van der Waals surface area contributed by atoms with Crippen LogP contribution >= 0.6 is 0 Å². The van der Waals surface area contributed by atoms with Crippen molar-refractivity contribution in [3.63, 3.8) is 0 Å². The fourth-order valence-electron chi connectivity index (χ4n) is 0.792. The van der Waals surface area contributed by atoms with Crippen molar-refractivity contribution in [1.29, 1.82) is 0 Å². The predicted molar refractivity (Wildman–Crippen MR) is 54.7 cm³/mol. The number of nitrogens with zero attached hydrogens (tertiary/aromatic N) is 2. The molecule has 0 spiro atoms. The topological polar surface area (TPSA) is 80.4 Å². The first-order valence-corrected chi connectivity index (χ1v) is 4.26. The van der Waals surface area contributed by atoms with Gasteiger partial charge in [0.2, 0.25) is 5.91 Å². The number of hydrogen-bond donors (Lipinski definition) is 2. The Morgan fingerprint density at radius 3 is 3.21 bits per heavy atom. The van der Waals surface area contributed by atoms with Crippen LogP contribution in [-0.2, 0) is 4.79 Å². The summed E-state index contributed by atoms with van der Waals surface area (Å²) in [5.74, 6) is 0.255. The molecular weight excluding hydrogens is 180 g/mol. The number of rotatable bonds is 3. The number of hydrazone groups is 1. The van der Waals surface area contributed by atoms with Crippen LogP contribution in [0.1, 0.15) is 18.9 Å². The van der Waals surface area contributed by atoms with Crippen LogP contribution in [0.15, 0.2) is 23.4 Å². The van der Waals surface area contributed by atoms with Gasteiger partial charge in [0.05, 0.1) is 6.21 Å². The number of pyridine rings is 1. The molecule has 0 bridgehead atoms. The lowest BCUT2D eigenvalue weighted by Crippen LogP contribution is -2.15. The van der Waals surface area contributed by atoms with Gasteiger partial charge in [-0.1, -0.05) is 6.92 Å². The first-order chi connectivity index (χ1) is 6.74. The maximum absolute atomic E-state index is 10.8. The van der Waals surface area contributed by atoms with Gasteiger partial charge in [-0.2, -0.15) is 5.10 Å². The fraction of sp³-hybridized carbons (Fsp3) is 0.222. The number of aromatic nitrogens is 1. The van der Waals surface area contributed by atoms with E-state index < -0.39 is 0 Å². The monoisotopic (exact) mass is 192 g/mol. The van der Waals surface area contributed by atoms with Gasteiger partial charge in [0.15, 0.2) is 0 Å². The molecule has 0 saturated carbocycles. The number of amides is 1. The molecule has 1 aromatic heterocycles. The number of hydrogen-bond acceptors (Lipinski definition) is 4. The van der Waals surface area contributed by atoms with Crippen LogP contribution in [0.3, 0.4) is 0 Å². The lowest BCUT2D eigenvalue weighted by Gasteiger charge is -1.97. The molecule has 0 fully saturated rings. The highest BCUT2D eigenvalue weighted by molar-refractivity contribution is 5.86. The van der Waals surface area contributed by atoms with Gasteiger partial charge in [0.1, 0.15) is 5.82 Å². The Morgan fingerprint density at radius 1 is 1.79 bits per heavy atom. The van der Waals surface area contributed by atoms with Crippen LogP contribution < -0.4 is 11.2 Å². The molecule has 0 unspecified atom stereocenters. The lowest BCUT2D eigenvalue weighted by molar-refractivity contribution is -0.120. The second-order valence-corrected chi connectivity index (χ2v) is 2.62. The van der Waals surface area contributed by atoms with Crippen molar-refractivity contribution >= 4 is 17.9 Å². The summed E-state index contributed by atoms with van der Waals surface area (Å²) in [5.41, 5.74) is 8.59. The average molecular weight is 192 g/mol. The van der Waals surface area contributed by atoms with Gasteiger partial charge in [-0.25, -0.2) is 10.4 Å². The van der Waals surface area contributed by atoms with Gasteiger partial charge in [-0.15, -0.1) is 0 Å². The Labute approximate surface area is 82.0 Å². The van der Waals surface area contributed by atoms with Crippen LogP contribution in [0.2, 0.25) is 0 Å². The Morgan fingerprint density at radius 2 is 2.57 bits per heavy atom. The third-order valence-electron chi connectivity index (χ3n) is 1.59. The highest BCUT2D eigenvalue weighted by Crippen LogP contribution is 2.02. The largest absolute Gasteiger partial charge is 0.383 e. The highest BCUT2D eigenvalue weighted by atomic mass is 16.2. The molecule has 1 amide bonds. The van der Waals surface area contributed by atoms with E-state index in [1.54, 1.807) is 25.3 Å². The second-order valence-electron chi connectivity index (χ2n) is 2.62. The molecule has 1 aromatic rings. The van der Waals surface area contributed by atoms with Gasteiger partial charge in [-0.3, -0.25) is 4.79 Å². The summed E-state index contributed by atoms with van der Waals surface area (Å²) in [6.07, 6.45) is 3.47. The average Bonchev–Trinajstić information content (AvgIpc) is 2.20. The maximum atomic E-state index is 10.8. The minimum Gasteiger partial charge on any atom is -0.383 e. The van der Waals surface area contributed by atoms with E-state index in [9.17, 15) is 4.79 Å². The summed E-state index contributed by atoms with van der Waals surface area (Å²) in [6.45, 7) is 1.75. The first-order valence-electron chi connectivity index (χ1n) is 4.26. The zero-order valence-corrected chi connectivity index (χ0v) is 7.90. The van der Waals surface area contributed by atoms with Crippen LogP contribution in [0.25, 0.3) is 0 Å². The van der Waals surface area contributed by atoms with Gasteiger partial charge in [0, 0.05) is 18.2 Å². The molecule has 0 aromatic carbocycles. The van der Waals surface area contributed by atoms with Crippen molar-refractivity contribution in [3.05, 3.63) is 23.9 Å². The van der Waals surface area contributed by atoms with Gasteiger partial charge in [-0.05, 0) is 12.1 Å². The SMILES string of the molecule is CCC(=O)N/N=C/c1cccnc1N. The smallest absolute Gasteiger partial charge is 0.239 e. The molecule has 0 saturated heterocycles. The molecular formula is C9H12N4O. The zero-order valence-electron chi connectivity index (χ0n) is 7.90. The third-order valence-corrected chi connectivity index (χ3v) is 1.59. The summed E-state index contributed by atoms with van der Waals surface area (Å²) in [4.78, 5) is 14.7. The van der Waals surface area contributed by atoms with Crippen molar-refractivity contribution in [3.8, 4) is 0 Å². The Balaban J connectivity index is 2.60. The Hall–Kier alpha value is -1.91. The summed E-state index contributed by atoms with van der Waals surface area (Å²) in [6, 6.07) is 3.52. The third kappa shape index (κ3) is 2.85. The number of nitrogens with one attached hydrogen (secondary N) is 1. The van der Waals surface area contributed by atoms with Crippen LogP contribution in [0, 0.1) is 0 Å². The molecule has 5 nitrogen and oxygen atoms in total. The molecule has 0 atom stereocenters. The number of nitrogens with two attached hydrogens (primary N) is 1. The molecule has 0 radical (unpaired) electrons. The van der Waals surface area contributed by atoms with Gasteiger partial charge >= 0.3 is 0 Å². The van der Waals surface area contributed by atoms with E-state index in [1.165, 1.54) is 6.21 Å². The summed E-state index contributed by atoms with van der Waals surface area (Å²) in [7, 11) is 0. The number of carbonyl (C=O) groups excluding carboxylic acids is 1. The molecule has 0 aliphatic rings. The minimum atomic E-state index is -0.135. The molecule has 1 rings (SSSR count). The van der Waals surface area contributed by atoms with Crippen molar-refractivity contribution in [1.82, 2.24) is 10.4 Å². The minimum absolute atomic E-state index is 0.135. The molecule has 0 aliphatic carbocycles. The van der Waals surface area contributed by atoms with Crippen molar-refractivity contribution in [2.45, 2.75) is 13.3 Å². The van der Waals surface area contributed by atoms with E-state index in [2.05, 4.69) is 15.5 Å². The van der Waals surface area contributed by atoms with Crippen LogP contribution in [0.5, 0.6) is 0 Å². The van der Waals surface area contributed by atoms with E-state index in [0.29, 0.717) is 17.8 Å². The lowest BCUT2D eigenvalue weighted by atomic mass is 10.3. The number of carbonyl (C=O) groups is 1. The van der Waals surface area contributed by atoms with E-state index in [4.69, 9.17) is 5.73 Å². The summed E-state index contributed by atoms with van der Waals surface area (Å²) >= 11 is 0. The molecule has 0 aliphatic heterocycles.